The number of amides is 2. The summed E-state index contributed by atoms with van der Waals surface area (Å²) in [6, 6.07) is 9.43. The van der Waals surface area contributed by atoms with E-state index in [4.69, 9.17) is 5.73 Å². The Hall–Kier alpha value is -3.30. The number of fused-ring (bicyclic) bond motifs is 1. The highest BCUT2D eigenvalue weighted by Crippen LogP contribution is 2.40. The molecule has 0 radical (unpaired) electrons. The van der Waals surface area contributed by atoms with Gasteiger partial charge in [0.1, 0.15) is 9.83 Å². The first kappa shape index (κ1) is 20.0. The van der Waals surface area contributed by atoms with Gasteiger partial charge in [0.25, 0.3) is 17.4 Å². The molecule has 0 saturated heterocycles. The third-order valence-electron chi connectivity index (χ3n) is 4.84. The summed E-state index contributed by atoms with van der Waals surface area (Å²) in [5, 5.41) is 3.65. The Balaban J connectivity index is 1.79. The van der Waals surface area contributed by atoms with Crippen LogP contribution in [0.25, 0.3) is 21.3 Å². The largest absolute Gasteiger partial charge is 0.365 e. The number of aryl methyl sites for hydroxylation is 3. The van der Waals surface area contributed by atoms with Gasteiger partial charge in [-0.25, -0.2) is 4.98 Å². The molecule has 0 atom stereocenters. The average molecular weight is 439 g/mol. The van der Waals surface area contributed by atoms with Gasteiger partial charge >= 0.3 is 0 Å². The summed E-state index contributed by atoms with van der Waals surface area (Å²) in [6.45, 7) is 3.61. The Morgan fingerprint density at radius 3 is 2.50 bits per heavy atom. The predicted molar refractivity (Wildman–Crippen MR) is 121 cm³/mol. The van der Waals surface area contributed by atoms with Crippen LogP contribution in [0.4, 0.5) is 5.00 Å². The van der Waals surface area contributed by atoms with Gasteiger partial charge in [-0.1, -0.05) is 30.3 Å². The Labute approximate surface area is 179 Å². The average Bonchev–Trinajstić information content (AvgIpc) is 3.22. The van der Waals surface area contributed by atoms with Crippen LogP contribution >= 0.6 is 22.7 Å². The first-order valence-corrected chi connectivity index (χ1v) is 10.7. The molecule has 7 nitrogen and oxygen atoms in total. The van der Waals surface area contributed by atoms with Crippen molar-refractivity contribution in [3.05, 3.63) is 67.9 Å². The maximum atomic E-state index is 13.0. The molecule has 3 heterocycles. The molecule has 0 aliphatic carbocycles. The molecule has 4 rings (SSSR count). The normalized spacial score (nSPS) is 11.0. The highest BCUT2D eigenvalue weighted by molar-refractivity contribution is 7.21. The van der Waals surface area contributed by atoms with Gasteiger partial charge in [-0.05, 0) is 25.0 Å². The van der Waals surface area contributed by atoms with Crippen molar-refractivity contribution in [3.63, 3.8) is 0 Å². The molecule has 4 aromatic rings. The fourth-order valence-corrected chi connectivity index (χ4v) is 5.52. The summed E-state index contributed by atoms with van der Waals surface area (Å²) in [7, 11) is 1.62. The number of rotatable bonds is 4. The SMILES string of the molecule is Cc1sc(NC(=O)c2sc3ncn(C)c(=O)c3c2C)c(C(N)=O)c1-c1ccccc1. The Morgan fingerprint density at radius 2 is 1.83 bits per heavy atom. The smallest absolute Gasteiger partial charge is 0.266 e. The third kappa shape index (κ3) is 3.21. The van der Waals surface area contributed by atoms with Crippen molar-refractivity contribution in [2.75, 3.05) is 5.32 Å². The van der Waals surface area contributed by atoms with Crippen molar-refractivity contribution < 1.29 is 9.59 Å². The van der Waals surface area contributed by atoms with Crippen LogP contribution in [0, 0.1) is 13.8 Å². The molecule has 152 valence electrons. The summed E-state index contributed by atoms with van der Waals surface area (Å²) < 4.78 is 1.38. The lowest BCUT2D eigenvalue weighted by molar-refractivity contribution is 0.100. The van der Waals surface area contributed by atoms with E-state index in [1.165, 1.54) is 22.2 Å². The summed E-state index contributed by atoms with van der Waals surface area (Å²) in [5.74, 6) is -1.02. The molecule has 0 bridgehead atoms. The maximum absolute atomic E-state index is 13.0. The van der Waals surface area contributed by atoms with E-state index in [1.807, 2.05) is 37.3 Å². The molecule has 1 aromatic carbocycles. The standard InChI is InChI=1S/C21H18N4O3S2/c1-10-13-19(23-9-25(3)21(13)28)30-16(10)18(27)24-20-15(17(22)26)14(11(2)29-20)12-7-5-4-6-8-12/h4-9H,1-3H3,(H2,22,26)(H,24,27). The quantitative estimate of drug-likeness (QED) is 0.507. The lowest BCUT2D eigenvalue weighted by atomic mass is 10.0. The molecule has 9 heteroatoms. The van der Waals surface area contributed by atoms with Gasteiger partial charge in [0.05, 0.1) is 22.2 Å². The van der Waals surface area contributed by atoms with E-state index in [9.17, 15) is 14.4 Å². The molecule has 0 aliphatic heterocycles. The van der Waals surface area contributed by atoms with E-state index in [2.05, 4.69) is 10.3 Å². The van der Waals surface area contributed by atoms with Gasteiger partial charge in [0.15, 0.2) is 0 Å². The highest BCUT2D eigenvalue weighted by atomic mass is 32.1. The van der Waals surface area contributed by atoms with E-state index in [1.54, 1.807) is 14.0 Å². The first-order valence-electron chi connectivity index (χ1n) is 9.04. The minimum Gasteiger partial charge on any atom is -0.365 e. The van der Waals surface area contributed by atoms with E-state index in [0.29, 0.717) is 31.2 Å². The minimum absolute atomic E-state index is 0.205. The fourth-order valence-electron chi connectivity index (χ4n) is 3.41. The fraction of sp³-hybridized carbons (Fsp3) is 0.143. The Morgan fingerprint density at radius 1 is 1.13 bits per heavy atom. The number of carbonyl (C=O) groups is 2. The van der Waals surface area contributed by atoms with Crippen LogP contribution in [0.5, 0.6) is 0 Å². The minimum atomic E-state index is -0.614. The molecule has 0 unspecified atom stereocenters. The topological polar surface area (TPSA) is 107 Å². The van der Waals surface area contributed by atoms with Crippen molar-refractivity contribution in [2.45, 2.75) is 13.8 Å². The van der Waals surface area contributed by atoms with Gasteiger partial charge in [0.2, 0.25) is 0 Å². The second-order valence-corrected chi connectivity index (χ2v) is 9.04. The number of anilines is 1. The molecule has 30 heavy (non-hydrogen) atoms. The number of nitrogens with zero attached hydrogens (tertiary/aromatic N) is 2. The lowest BCUT2D eigenvalue weighted by Crippen LogP contribution is -2.18. The first-order chi connectivity index (χ1) is 14.3. The van der Waals surface area contributed by atoms with Crippen molar-refractivity contribution in [1.29, 1.82) is 0 Å². The Kier molecular flexibility index (Phi) is 5.00. The van der Waals surface area contributed by atoms with Crippen LogP contribution in [0.1, 0.15) is 30.5 Å². The number of thiophene rings is 2. The molecule has 2 amide bonds. The number of primary amides is 1. The van der Waals surface area contributed by atoms with Crippen molar-refractivity contribution >= 4 is 49.7 Å². The molecule has 0 spiro atoms. The summed E-state index contributed by atoms with van der Waals surface area (Å²) in [6.07, 6.45) is 1.43. The Bertz CT molecular complexity index is 1370. The van der Waals surface area contributed by atoms with Gasteiger partial charge < -0.3 is 15.6 Å². The molecule has 0 fully saturated rings. The van der Waals surface area contributed by atoms with Gasteiger partial charge in [0, 0.05) is 17.5 Å². The molecule has 0 saturated carbocycles. The number of hydrogen-bond acceptors (Lipinski definition) is 6. The number of carbonyl (C=O) groups excluding carboxylic acids is 2. The number of aromatic nitrogens is 2. The van der Waals surface area contributed by atoms with Crippen molar-refractivity contribution in [1.82, 2.24) is 9.55 Å². The van der Waals surface area contributed by atoms with E-state index in [-0.39, 0.29) is 11.1 Å². The van der Waals surface area contributed by atoms with E-state index >= 15 is 0 Å². The molecular formula is C21H18N4O3S2. The second kappa shape index (κ2) is 7.51. The predicted octanol–water partition coefficient (Wildman–Crippen LogP) is 3.69. The number of nitrogens with one attached hydrogen (secondary N) is 1. The van der Waals surface area contributed by atoms with E-state index in [0.717, 1.165) is 21.8 Å². The molecule has 3 N–H and O–H groups in total. The summed E-state index contributed by atoms with van der Waals surface area (Å²) in [5.41, 5.74) is 7.89. The summed E-state index contributed by atoms with van der Waals surface area (Å²) in [4.78, 5) is 43.7. The van der Waals surface area contributed by atoms with Crippen LogP contribution < -0.4 is 16.6 Å². The van der Waals surface area contributed by atoms with Crippen LogP contribution in [0.15, 0.2) is 41.5 Å². The lowest BCUT2D eigenvalue weighted by Gasteiger charge is -2.06. The number of benzene rings is 1. The zero-order valence-electron chi connectivity index (χ0n) is 16.5. The monoisotopic (exact) mass is 438 g/mol. The van der Waals surface area contributed by atoms with E-state index < -0.39 is 11.8 Å². The zero-order chi connectivity index (χ0) is 21.6. The summed E-state index contributed by atoms with van der Waals surface area (Å²) >= 11 is 2.44. The maximum Gasteiger partial charge on any atom is 0.266 e. The van der Waals surface area contributed by atoms with Gasteiger partial charge in [-0.2, -0.15) is 0 Å². The van der Waals surface area contributed by atoms with Crippen LogP contribution in [0.3, 0.4) is 0 Å². The number of nitrogens with two attached hydrogens (primary N) is 1. The van der Waals surface area contributed by atoms with Crippen LogP contribution in [0.2, 0.25) is 0 Å². The van der Waals surface area contributed by atoms with Crippen LogP contribution in [-0.2, 0) is 7.05 Å². The third-order valence-corrected chi connectivity index (χ3v) is 7.06. The molecular weight excluding hydrogens is 420 g/mol. The van der Waals surface area contributed by atoms with Gasteiger partial charge in [-0.15, -0.1) is 22.7 Å². The second-order valence-electron chi connectivity index (χ2n) is 6.82. The molecule has 3 aromatic heterocycles. The zero-order valence-corrected chi connectivity index (χ0v) is 18.1. The highest BCUT2D eigenvalue weighted by Gasteiger charge is 2.25. The van der Waals surface area contributed by atoms with Gasteiger partial charge in [-0.3, -0.25) is 14.4 Å². The van der Waals surface area contributed by atoms with Crippen molar-refractivity contribution in [3.8, 4) is 11.1 Å². The number of hydrogen-bond donors (Lipinski definition) is 2. The van der Waals surface area contributed by atoms with Crippen molar-refractivity contribution in [2.24, 2.45) is 12.8 Å². The molecule has 0 aliphatic rings. The van der Waals surface area contributed by atoms with Crippen LogP contribution in [-0.4, -0.2) is 21.4 Å².